The number of hydrogen-bond donors (Lipinski definition) is 1. The number of carboxylic acids is 1. The molecule has 1 heterocycles. The van der Waals surface area contributed by atoms with Crippen LogP contribution >= 0.6 is 11.6 Å². The van der Waals surface area contributed by atoms with Gasteiger partial charge in [-0.2, -0.15) is 0 Å². The molecule has 1 N–H and O–H groups in total. The van der Waals surface area contributed by atoms with Crippen molar-refractivity contribution in [2.24, 2.45) is 5.92 Å². The molecule has 0 spiro atoms. The lowest BCUT2D eigenvalue weighted by Crippen LogP contribution is -2.14. The SMILES string of the molecule is CC(Cc1cc(N(C)C)c(Cl)cn1)C(=O)O. The van der Waals surface area contributed by atoms with Crippen LogP contribution in [0, 0.1) is 5.92 Å². The number of aromatic nitrogens is 1. The van der Waals surface area contributed by atoms with Gasteiger partial charge >= 0.3 is 5.97 Å². The summed E-state index contributed by atoms with van der Waals surface area (Å²) in [5, 5.41) is 9.38. The fourth-order valence-electron chi connectivity index (χ4n) is 1.33. The molecule has 0 aliphatic rings. The Bertz CT molecular complexity index is 394. The molecule has 0 radical (unpaired) electrons. The maximum atomic E-state index is 10.7. The van der Waals surface area contributed by atoms with Crippen molar-refractivity contribution in [3.05, 3.63) is 23.0 Å². The standard InChI is InChI=1S/C11H15ClN2O2/c1-7(11(15)16)4-8-5-10(14(2)3)9(12)6-13-8/h5-7H,4H2,1-3H3,(H,15,16). The smallest absolute Gasteiger partial charge is 0.306 e. The highest BCUT2D eigenvalue weighted by Crippen LogP contribution is 2.24. The van der Waals surface area contributed by atoms with Gasteiger partial charge in [0.1, 0.15) is 0 Å². The van der Waals surface area contributed by atoms with Gasteiger partial charge in [-0.05, 0) is 6.07 Å². The number of rotatable bonds is 4. The molecule has 0 amide bonds. The summed E-state index contributed by atoms with van der Waals surface area (Å²) in [6.45, 7) is 1.66. The second-order valence-electron chi connectivity index (χ2n) is 3.96. The fourth-order valence-corrected chi connectivity index (χ4v) is 1.60. The van der Waals surface area contributed by atoms with Gasteiger partial charge in [0, 0.05) is 32.4 Å². The van der Waals surface area contributed by atoms with E-state index in [1.165, 1.54) is 0 Å². The molecule has 1 rings (SSSR count). The Morgan fingerprint density at radius 3 is 2.75 bits per heavy atom. The number of halogens is 1. The molecule has 0 aliphatic heterocycles. The summed E-state index contributed by atoms with van der Waals surface area (Å²) in [5.74, 6) is -1.26. The van der Waals surface area contributed by atoms with Crippen LogP contribution in [0.5, 0.6) is 0 Å². The van der Waals surface area contributed by atoms with Gasteiger partial charge in [-0.3, -0.25) is 9.78 Å². The van der Waals surface area contributed by atoms with Gasteiger partial charge in [-0.1, -0.05) is 18.5 Å². The van der Waals surface area contributed by atoms with Crippen LogP contribution in [-0.2, 0) is 11.2 Å². The molecular weight excluding hydrogens is 228 g/mol. The number of carboxylic acid groups (broad SMARTS) is 1. The van der Waals surface area contributed by atoms with Gasteiger partial charge in [0.2, 0.25) is 0 Å². The molecule has 0 aromatic carbocycles. The molecule has 1 aromatic heterocycles. The molecule has 16 heavy (non-hydrogen) atoms. The van der Waals surface area contributed by atoms with Gasteiger partial charge in [-0.25, -0.2) is 0 Å². The Balaban J connectivity index is 2.91. The number of carbonyl (C=O) groups is 1. The van der Waals surface area contributed by atoms with Gasteiger partial charge in [-0.15, -0.1) is 0 Å². The van der Waals surface area contributed by atoms with Crippen LogP contribution in [-0.4, -0.2) is 30.2 Å². The van der Waals surface area contributed by atoms with Crippen molar-refractivity contribution in [3.8, 4) is 0 Å². The van der Waals surface area contributed by atoms with Crippen molar-refractivity contribution in [3.63, 3.8) is 0 Å². The first-order valence-corrected chi connectivity index (χ1v) is 5.34. The van der Waals surface area contributed by atoms with E-state index in [4.69, 9.17) is 16.7 Å². The minimum absolute atomic E-state index is 0.410. The molecular formula is C11H15ClN2O2. The normalized spacial score (nSPS) is 12.2. The molecule has 0 saturated heterocycles. The lowest BCUT2D eigenvalue weighted by molar-refractivity contribution is -0.141. The van der Waals surface area contributed by atoms with Crippen molar-refractivity contribution in [2.75, 3.05) is 19.0 Å². The van der Waals surface area contributed by atoms with Crippen LogP contribution in [0.2, 0.25) is 5.02 Å². The topological polar surface area (TPSA) is 53.4 Å². The second-order valence-corrected chi connectivity index (χ2v) is 4.37. The summed E-state index contributed by atoms with van der Waals surface area (Å²) >= 11 is 5.97. The first kappa shape index (κ1) is 12.8. The molecule has 1 unspecified atom stereocenters. The number of nitrogens with zero attached hydrogens (tertiary/aromatic N) is 2. The molecule has 88 valence electrons. The minimum atomic E-state index is -0.817. The van der Waals surface area contributed by atoms with Crippen LogP contribution < -0.4 is 4.90 Å². The number of anilines is 1. The van der Waals surface area contributed by atoms with Gasteiger partial charge in [0.25, 0.3) is 0 Å². The third-order valence-corrected chi connectivity index (χ3v) is 2.60. The zero-order valence-electron chi connectivity index (χ0n) is 9.57. The summed E-state index contributed by atoms with van der Waals surface area (Å²) in [6, 6.07) is 1.82. The molecule has 1 aromatic rings. The van der Waals surface area contributed by atoms with Crippen molar-refractivity contribution in [1.82, 2.24) is 4.98 Å². The molecule has 0 bridgehead atoms. The Hall–Kier alpha value is -1.29. The summed E-state index contributed by atoms with van der Waals surface area (Å²) in [7, 11) is 3.76. The van der Waals surface area contributed by atoms with E-state index in [-0.39, 0.29) is 0 Å². The van der Waals surface area contributed by atoms with E-state index in [9.17, 15) is 4.79 Å². The highest BCUT2D eigenvalue weighted by molar-refractivity contribution is 6.33. The van der Waals surface area contributed by atoms with Gasteiger partial charge in [0.15, 0.2) is 0 Å². The molecule has 0 aliphatic carbocycles. The van der Waals surface area contributed by atoms with E-state index < -0.39 is 11.9 Å². The molecule has 4 nitrogen and oxygen atoms in total. The zero-order valence-corrected chi connectivity index (χ0v) is 10.3. The van der Waals surface area contributed by atoms with Gasteiger partial charge < -0.3 is 10.0 Å². The maximum Gasteiger partial charge on any atom is 0.306 e. The van der Waals surface area contributed by atoms with Crippen LogP contribution in [0.1, 0.15) is 12.6 Å². The van der Waals surface area contributed by atoms with E-state index in [2.05, 4.69) is 4.98 Å². The Labute approximate surface area is 99.9 Å². The summed E-state index contributed by atoms with van der Waals surface area (Å²) in [6.07, 6.45) is 1.97. The van der Waals surface area contributed by atoms with Crippen LogP contribution in [0.4, 0.5) is 5.69 Å². The second kappa shape index (κ2) is 5.16. The van der Waals surface area contributed by atoms with Crippen LogP contribution in [0.25, 0.3) is 0 Å². The first-order valence-electron chi connectivity index (χ1n) is 4.96. The quantitative estimate of drug-likeness (QED) is 0.878. The average Bonchev–Trinajstić information content (AvgIpc) is 2.20. The highest BCUT2D eigenvalue weighted by atomic mass is 35.5. The van der Waals surface area contributed by atoms with Gasteiger partial charge in [0.05, 0.1) is 16.6 Å². The van der Waals surface area contributed by atoms with E-state index in [0.29, 0.717) is 11.4 Å². The minimum Gasteiger partial charge on any atom is -0.481 e. The van der Waals surface area contributed by atoms with Crippen molar-refractivity contribution in [1.29, 1.82) is 0 Å². The lowest BCUT2D eigenvalue weighted by atomic mass is 10.1. The van der Waals surface area contributed by atoms with Crippen molar-refractivity contribution in [2.45, 2.75) is 13.3 Å². The fraction of sp³-hybridized carbons (Fsp3) is 0.455. The largest absolute Gasteiger partial charge is 0.481 e. The van der Waals surface area contributed by atoms with Crippen molar-refractivity contribution < 1.29 is 9.90 Å². The summed E-state index contributed by atoms with van der Waals surface area (Å²) in [4.78, 5) is 16.7. The number of hydrogen-bond acceptors (Lipinski definition) is 3. The van der Waals surface area contributed by atoms with Crippen molar-refractivity contribution >= 4 is 23.3 Å². The lowest BCUT2D eigenvalue weighted by Gasteiger charge is -2.15. The molecule has 0 fully saturated rings. The first-order chi connectivity index (χ1) is 7.41. The summed E-state index contributed by atoms with van der Waals surface area (Å²) in [5.41, 5.74) is 1.59. The number of pyridine rings is 1. The highest BCUT2D eigenvalue weighted by Gasteiger charge is 2.14. The third-order valence-electron chi connectivity index (χ3n) is 2.31. The molecule has 5 heteroatoms. The monoisotopic (exact) mass is 242 g/mol. The van der Waals surface area contributed by atoms with E-state index in [0.717, 1.165) is 11.4 Å². The predicted molar refractivity (Wildman–Crippen MR) is 64.1 cm³/mol. The van der Waals surface area contributed by atoms with Crippen LogP contribution in [0.3, 0.4) is 0 Å². The molecule has 1 atom stereocenters. The van der Waals surface area contributed by atoms with E-state index in [1.807, 2.05) is 25.1 Å². The van der Waals surface area contributed by atoms with Crippen LogP contribution in [0.15, 0.2) is 12.3 Å². The maximum absolute atomic E-state index is 10.7. The third kappa shape index (κ3) is 3.10. The summed E-state index contributed by atoms with van der Waals surface area (Å²) < 4.78 is 0. The Kier molecular flexibility index (Phi) is 4.12. The number of aliphatic carboxylic acids is 1. The van der Waals surface area contributed by atoms with E-state index in [1.54, 1.807) is 13.1 Å². The predicted octanol–water partition coefficient (Wildman–Crippen LogP) is 2.06. The zero-order chi connectivity index (χ0) is 12.3. The Morgan fingerprint density at radius 1 is 1.62 bits per heavy atom. The average molecular weight is 243 g/mol. The van der Waals surface area contributed by atoms with E-state index >= 15 is 0 Å². The Morgan fingerprint density at radius 2 is 2.25 bits per heavy atom. The molecule has 0 saturated carbocycles.